The monoisotopic (exact) mass is 211 g/mol. The summed E-state index contributed by atoms with van der Waals surface area (Å²) in [5.74, 6) is 0.0884. The molecule has 0 saturated carbocycles. The van der Waals surface area contributed by atoms with E-state index in [4.69, 9.17) is 0 Å². The van der Waals surface area contributed by atoms with Crippen molar-refractivity contribution in [3.8, 4) is 0 Å². The van der Waals surface area contributed by atoms with Gasteiger partial charge in [0.1, 0.15) is 0 Å². The van der Waals surface area contributed by atoms with Crippen LogP contribution in [-0.2, 0) is 4.79 Å². The molecule has 0 rings (SSSR count). The standard InChI is InChI=1S/C11H21NOSi/c1-6-7-8-9-11(13)12(2)10-14(3,4)5/h6-9H,10H2,1-5H3/b7-6+,9-8+. The minimum Gasteiger partial charge on any atom is -0.345 e. The number of hydrogen-bond donors (Lipinski definition) is 0. The van der Waals surface area contributed by atoms with Crippen molar-refractivity contribution < 1.29 is 4.79 Å². The van der Waals surface area contributed by atoms with E-state index >= 15 is 0 Å². The molecular weight excluding hydrogens is 190 g/mol. The number of amides is 1. The number of likely N-dealkylation sites (N-methyl/N-ethyl adjacent to an activating group) is 1. The van der Waals surface area contributed by atoms with Crippen molar-refractivity contribution >= 4 is 14.0 Å². The normalized spacial score (nSPS) is 12.6. The van der Waals surface area contributed by atoms with Gasteiger partial charge in [-0.1, -0.05) is 37.9 Å². The highest BCUT2D eigenvalue weighted by Gasteiger charge is 2.17. The fraction of sp³-hybridized carbons (Fsp3) is 0.545. The van der Waals surface area contributed by atoms with E-state index in [0.29, 0.717) is 0 Å². The molecule has 0 saturated heterocycles. The minimum absolute atomic E-state index is 0.0884. The van der Waals surface area contributed by atoms with Gasteiger partial charge in [-0.15, -0.1) is 0 Å². The molecule has 0 fully saturated rings. The van der Waals surface area contributed by atoms with Gasteiger partial charge in [-0.25, -0.2) is 0 Å². The Balaban J connectivity index is 4.13. The Kier molecular flexibility index (Phi) is 5.46. The molecule has 0 aliphatic rings. The van der Waals surface area contributed by atoms with Gasteiger partial charge in [0.2, 0.25) is 5.91 Å². The Hall–Kier alpha value is -0.833. The molecule has 0 bridgehead atoms. The van der Waals surface area contributed by atoms with Gasteiger partial charge >= 0.3 is 0 Å². The van der Waals surface area contributed by atoms with Gasteiger partial charge in [-0.05, 0) is 6.92 Å². The van der Waals surface area contributed by atoms with Crippen molar-refractivity contribution in [2.24, 2.45) is 0 Å². The molecule has 0 heterocycles. The van der Waals surface area contributed by atoms with Crippen molar-refractivity contribution in [3.05, 3.63) is 24.3 Å². The molecular formula is C11H21NOSi. The molecule has 0 unspecified atom stereocenters. The molecule has 0 atom stereocenters. The second-order valence-corrected chi connectivity index (χ2v) is 10.1. The molecule has 1 amide bonds. The average Bonchev–Trinajstić information content (AvgIpc) is 2.01. The Morgan fingerprint density at radius 2 is 1.86 bits per heavy atom. The summed E-state index contributed by atoms with van der Waals surface area (Å²) >= 11 is 0. The van der Waals surface area contributed by atoms with Crippen LogP contribution >= 0.6 is 0 Å². The second kappa shape index (κ2) is 5.80. The van der Waals surface area contributed by atoms with E-state index in [1.165, 1.54) is 0 Å². The first-order valence-corrected chi connectivity index (χ1v) is 8.62. The summed E-state index contributed by atoms with van der Waals surface area (Å²) < 4.78 is 0. The molecule has 0 aliphatic carbocycles. The lowest BCUT2D eigenvalue weighted by Gasteiger charge is -2.23. The van der Waals surface area contributed by atoms with Crippen LogP contribution in [0.4, 0.5) is 0 Å². The molecule has 0 radical (unpaired) electrons. The predicted molar refractivity (Wildman–Crippen MR) is 64.9 cm³/mol. The van der Waals surface area contributed by atoms with Crippen molar-refractivity contribution in [2.75, 3.05) is 13.2 Å². The van der Waals surface area contributed by atoms with Crippen LogP contribution in [0.2, 0.25) is 19.6 Å². The lowest BCUT2D eigenvalue weighted by atomic mass is 10.4. The first kappa shape index (κ1) is 13.2. The number of nitrogens with zero attached hydrogens (tertiary/aromatic N) is 1. The molecule has 14 heavy (non-hydrogen) atoms. The van der Waals surface area contributed by atoms with Gasteiger partial charge in [0.15, 0.2) is 0 Å². The van der Waals surface area contributed by atoms with Gasteiger partial charge in [0, 0.05) is 19.3 Å². The van der Waals surface area contributed by atoms with Crippen molar-refractivity contribution in [1.82, 2.24) is 4.90 Å². The van der Waals surface area contributed by atoms with Crippen LogP contribution in [0.25, 0.3) is 0 Å². The van der Waals surface area contributed by atoms with E-state index in [-0.39, 0.29) is 5.91 Å². The zero-order valence-corrected chi connectivity index (χ0v) is 10.9. The molecule has 3 heteroatoms. The number of rotatable bonds is 4. The average molecular weight is 211 g/mol. The predicted octanol–water partition coefficient (Wildman–Crippen LogP) is 2.45. The highest BCUT2D eigenvalue weighted by Crippen LogP contribution is 2.02. The SMILES string of the molecule is C/C=C/C=C/C(=O)N(C)C[Si](C)(C)C. The van der Waals surface area contributed by atoms with Crippen LogP contribution in [0.1, 0.15) is 6.92 Å². The lowest BCUT2D eigenvalue weighted by molar-refractivity contribution is -0.124. The van der Waals surface area contributed by atoms with E-state index in [0.717, 1.165) is 6.17 Å². The summed E-state index contributed by atoms with van der Waals surface area (Å²) in [5.41, 5.74) is 0. The molecule has 0 aromatic carbocycles. The zero-order valence-electron chi connectivity index (χ0n) is 9.87. The highest BCUT2D eigenvalue weighted by molar-refractivity contribution is 6.76. The van der Waals surface area contributed by atoms with E-state index in [1.54, 1.807) is 17.1 Å². The Morgan fingerprint density at radius 3 is 2.29 bits per heavy atom. The largest absolute Gasteiger partial charge is 0.345 e. The number of allylic oxidation sites excluding steroid dienone is 3. The molecule has 0 aromatic heterocycles. The van der Waals surface area contributed by atoms with Crippen LogP contribution in [0.15, 0.2) is 24.3 Å². The third-order valence-electron chi connectivity index (χ3n) is 1.63. The summed E-state index contributed by atoms with van der Waals surface area (Å²) in [6.07, 6.45) is 8.07. The van der Waals surface area contributed by atoms with E-state index in [9.17, 15) is 4.79 Å². The van der Waals surface area contributed by atoms with Gasteiger partial charge in [-0.2, -0.15) is 0 Å². The van der Waals surface area contributed by atoms with Gasteiger partial charge in [0.25, 0.3) is 0 Å². The van der Waals surface area contributed by atoms with Gasteiger partial charge < -0.3 is 4.90 Å². The summed E-state index contributed by atoms with van der Waals surface area (Å²) in [6, 6.07) is 0. The first-order valence-electron chi connectivity index (χ1n) is 4.91. The van der Waals surface area contributed by atoms with Crippen LogP contribution in [-0.4, -0.2) is 32.1 Å². The lowest BCUT2D eigenvalue weighted by Crippen LogP contribution is -2.40. The van der Waals surface area contributed by atoms with Crippen LogP contribution in [0.5, 0.6) is 0 Å². The topological polar surface area (TPSA) is 20.3 Å². The summed E-state index contributed by atoms with van der Waals surface area (Å²) in [5, 5.41) is 0. The molecule has 0 aliphatic heterocycles. The maximum absolute atomic E-state index is 11.5. The third-order valence-corrected chi connectivity index (χ3v) is 3.05. The van der Waals surface area contributed by atoms with Crippen LogP contribution in [0, 0.1) is 0 Å². The van der Waals surface area contributed by atoms with E-state index < -0.39 is 8.07 Å². The summed E-state index contributed by atoms with van der Waals surface area (Å²) in [4.78, 5) is 13.3. The highest BCUT2D eigenvalue weighted by atomic mass is 28.3. The van der Waals surface area contributed by atoms with Crippen LogP contribution in [0.3, 0.4) is 0 Å². The molecule has 2 nitrogen and oxygen atoms in total. The van der Waals surface area contributed by atoms with Crippen molar-refractivity contribution in [1.29, 1.82) is 0 Å². The number of hydrogen-bond acceptors (Lipinski definition) is 1. The second-order valence-electron chi connectivity index (χ2n) is 4.64. The fourth-order valence-corrected chi connectivity index (χ4v) is 2.74. The molecule has 0 N–H and O–H groups in total. The van der Waals surface area contributed by atoms with Crippen molar-refractivity contribution in [2.45, 2.75) is 26.6 Å². The molecule has 80 valence electrons. The number of carbonyl (C=O) groups is 1. The van der Waals surface area contributed by atoms with E-state index in [2.05, 4.69) is 19.6 Å². The van der Waals surface area contributed by atoms with Crippen molar-refractivity contribution in [3.63, 3.8) is 0 Å². The third kappa shape index (κ3) is 6.66. The quantitative estimate of drug-likeness (QED) is 0.397. The zero-order chi connectivity index (χ0) is 11.2. The number of carbonyl (C=O) groups excluding carboxylic acids is 1. The van der Waals surface area contributed by atoms with Gasteiger partial charge in [0.05, 0.1) is 8.07 Å². The maximum atomic E-state index is 11.5. The van der Waals surface area contributed by atoms with Crippen LogP contribution < -0.4 is 0 Å². The summed E-state index contributed by atoms with van der Waals surface area (Å²) in [6.45, 7) is 8.70. The maximum Gasteiger partial charge on any atom is 0.246 e. The Labute approximate surface area is 88.3 Å². The molecule has 0 spiro atoms. The summed E-state index contributed by atoms with van der Waals surface area (Å²) in [7, 11) is 0.684. The van der Waals surface area contributed by atoms with E-state index in [1.807, 2.05) is 26.1 Å². The Morgan fingerprint density at radius 1 is 1.29 bits per heavy atom. The first-order chi connectivity index (χ1) is 6.37. The Bertz CT molecular complexity index is 238. The molecule has 0 aromatic rings. The minimum atomic E-state index is -1.18. The van der Waals surface area contributed by atoms with Gasteiger partial charge in [-0.3, -0.25) is 4.79 Å². The smallest absolute Gasteiger partial charge is 0.246 e. The fourth-order valence-electron chi connectivity index (χ4n) is 1.17.